The number of phenols is 2. The molecule has 0 saturated carbocycles. The van der Waals surface area contributed by atoms with Crippen molar-refractivity contribution in [2.24, 2.45) is 0 Å². The Kier molecular flexibility index (Phi) is 26.0. The summed E-state index contributed by atoms with van der Waals surface area (Å²) in [5.41, 5.74) is 0.218. The zero-order chi connectivity index (χ0) is 36.5. The number of ether oxygens (including phenoxy) is 4. The van der Waals surface area contributed by atoms with Gasteiger partial charge in [0.25, 0.3) is 0 Å². The number of aromatic nitrogens is 3. The van der Waals surface area contributed by atoms with Crippen LogP contribution in [0.1, 0.15) is 26.7 Å². The van der Waals surface area contributed by atoms with E-state index >= 15 is 0 Å². The van der Waals surface area contributed by atoms with Gasteiger partial charge in [0.05, 0.1) is 42.7 Å². The van der Waals surface area contributed by atoms with Gasteiger partial charge in [0.1, 0.15) is 34.5 Å². The molecule has 0 saturated heterocycles. The standard InChI is InChI=1S/C33H31N3O14.4K.4H/c1-16(32(43)44)49-20-5-8-23(26(15-20)50-17(2)33(45)46)31-35-29(21-6-3-18(13-24(21)37)47-11-9-27(39)40)34-30(36-31)22-7-4-19(14-25(22)38)48-12-10-28(41)42;;;;;;;;/h3-8,13-17,37-38H,9-12H2,1-2H3,(H,39,40)(H,41,42)(H,43,44)(H,45,46);;;;;;;;. The summed E-state index contributed by atoms with van der Waals surface area (Å²) >= 11 is 0. The Bertz CT molecular complexity index is 1850. The van der Waals surface area contributed by atoms with E-state index in [9.17, 15) is 39.6 Å². The zero-order valence-corrected chi connectivity index (χ0v) is 26.5. The Hall–Kier alpha value is -0.105. The summed E-state index contributed by atoms with van der Waals surface area (Å²) in [6, 6.07) is 12.2. The molecule has 0 radical (unpaired) electrons. The van der Waals surface area contributed by atoms with Crippen LogP contribution in [0.15, 0.2) is 54.6 Å². The van der Waals surface area contributed by atoms with E-state index in [1.54, 1.807) is 0 Å². The predicted octanol–water partition coefficient (Wildman–Crippen LogP) is 1.10. The SMILES string of the molecule is CC(Oc1ccc(-c2nc(-c3ccc(OCCC(=O)O)cc3O)nc(-c3ccc(OCCC(=O)O)cc3O)n2)c(OC(C)C(=O)O)c1)C(=O)O.[KH].[KH].[KH].[KH]. The maximum atomic E-state index is 11.7. The van der Waals surface area contributed by atoms with Crippen LogP contribution in [0.2, 0.25) is 0 Å². The van der Waals surface area contributed by atoms with Crippen LogP contribution in [0, 0.1) is 0 Å². The van der Waals surface area contributed by atoms with Gasteiger partial charge in [0.15, 0.2) is 29.7 Å². The van der Waals surface area contributed by atoms with Crippen molar-refractivity contribution in [3.05, 3.63) is 54.6 Å². The van der Waals surface area contributed by atoms with Crippen LogP contribution in [-0.2, 0) is 19.2 Å². The van der Waals surface area contributed by atoms with Crippen LogP contribution >= 0.6 is 0 Å². The summed E-state index contributed by atoms with van der Waals surface area (Å²) in [7, 11) is 0. The van der Waals surface area contributed by atoms with Crippen molar-refractivity contribution in [3.8, 4) is 68.7 Å². The number of carboxylic acid groups (broad SMARTS) is 4. The van der Waals surface area contributed by atoms with Gasteiger partial charge in [-0.2, -0.15) is 0 Å². The molecule has 1 heterocycles. The number of carbonyl (C=O) groups is 4. The number of hydrogen-bond donors (Lipinski definition) is 6. The summed E-state index contributed by atoms with van der Waals surface area (Å²) in [4.78, 5) is 58.2. The third kappa shape index (κ3) is 16.3. The van der Waals surface area contributed by atoms with Gasteiger partial charge >= 0.3 is 229 Å². The van der Waals surface area contributed by atoms with Crippen molar-refractivity contribution in [2.75, 3.05) is 13.2 Å². The molecule has 2 atom stereocenters. The van der Waals surface area contributed by atoms with Gasteiger partial charge in [-0.05, 0) is 50.2 Å². The Morgan fingerprint density at radius 2 is 0.926 bits per heavy atom. The molecule has 0 aliphatic carbocycles. The fraction of sp³-hybridized carbons (Fsp3) is 0.242. The minimum absolute atomic E-state index is 0. The molecule has 4 aromatic rings. The van der Waals surface area contributed by atoms with E-state index in [4.69, 9.17) is 29.2 Å². The fourth-order valence-corrected chi connectivity index (χ4v) is 4.18. The van der Waals surface area contributed by atoms with Gasteiger partial charge in [-0.15, -0.1) is 0 Å². The van der Waals surface area contributed by atoms with E-state index in [0.717, 1.165) is 0 Å². The van der Waals surface area contributed by atoms with Crippen molar-refractivity contribution in [1.82, 2.24) is 15.0 Å². The van der Waals surface area contributed by atoms with E-state index < -0.39 is 36.1 Å². The Balaban J connectivity index is 0.00000702. The number of benzene rings is 3. The number of phenolic OH excluding ortho intramolecular Hbond substituents is 2. The third-order valence-electron chi connectivity index (χ3n) is 6.73. The predicted molar refractivity (Wildman–Crippen MR) is 199 cm³/mol. The molecule has 17 nitrogen and oxygen atoms in total. The summed E-state index contributed by atoms with van der Waals surface area (Å²) in [5, 5.41) is 58.4. The molecular formula is C33H35K4N3O14. The maximum absolute atomic E-state index is 11.7. The van der Waals surface area contributed by atoms with Crippen LogP contribution in [0.4, 0.5) is 0 Å². The van der Waals surface area contributed by atoms with Crippen molar-refractivity contribution in [1.29, 1.82) is 0 Å². The second-order valence-corrected chi connectivity index (χ2v) is 10.5. The number of nitrogens with zero attached hydrogens (tertiary/aromatic N) is 3. The molecule has 270 valence electrons. The van der Waals surface area contributed by atoms with E-state index in [1.807, 2.05) is 0 Å². The Morgan fingerprint density at radius 1 is 0.556 bits per heavy atom. The number of carboxylic acids is 4. The van der Waals surface area contributed by atoms with Crippen LogP contribution in [0.5, 0.6) is 34.5 Å². The molecule has 3 aromatic carbocycles. The molecule has 21 heteroatoms. The first-order valence-electron chi connectivity index (χ1n) is 14.8. The molecule has 6 N–H and O–H groups in total. The fourth-order valence-electron chi connectivity index (χ4n) is 4.18. The van der Waals surface area contributed by atoms with Gasteiger partial charge in [0, 0.05) is 18.2 Å². The summed E-state index contributed by atoms with van der Waals surface area (Å²) in [5.74, 6) is -5.60. The van der Waals surface area contributed by atoms with Crippen molar-refractivity contribution in [3.63, 3.8) is 0 Å². The molecule has 4 rings (SSSR count). The van der Waals surface area contributed by atoms with Crippen LogP contribution in [0.3, 0.4) is 0 Å². The molecule has 1 aromatic heterocycles. The molecule has 2 unspecified atom stereocenters. The average molecular weight is 854 g/mol. The molecule has 0 bridgehead atoms. The third-order valence-corrected chi connectivity index (χ3v) is 6.73. The van der Waals surface area contributed by atoms with Crippen LogP contribution < -0.4 is 18.9 Å². The van der Waals surface area contributed by atoms with E-state index in [1.165, 1.54) is 68.4 Å². The summed E-state index contributed by atoms with van der Waals surface area (Å²) < 4.78 is 21.9. The minimum atomic E-state index is -1.39. The molecule has 0 amide bonds. The normalized spacial score (nSPS) is 11.1. The first-order chi connectivity index (χ1) is 23.7. The summed E-state index contributed by atoms with van der Waals surface area (Å²) in [6.07, 6.45) is -3.21. The second-order valence-electron chi connectivity index (χ2n) is 10.5. The van der Waals surface area contributed by atoms with E-state index in [2.05, 4.69) is 15.0 Å². The Morgan fingerprint density at radius 3 is 1.31 bits per heavy atom. The number of aromatic hydroxyl groups is 2. The molecule has 0 spiro atoms. The van der Waals surface area contributed by atoms with Gasteiger partial charge in [-0.1, -0.05) is 0 Å². The molecule has 0 aliphatic heterocycles. The number of hydrogen-bond acceptors (Lipinski definition) is 13. The quantitative estimate of drug-likeness (QED) is 0.0812. The van der Waals surface area contributed by atoms with Gasteiger partial charge in [-0.3, -0.25) is 9.59 Å². The molecular weight excluding hydrogens is 819 g/mol. The van der Waals surface area contributed by atoms with Crippen molar-refractivity contribution in [2.45, 2.75) is 38.9 Å². The Labute approximate surface area is 478 Å². The van der Waals surface area contributed by atoms with Crippen LogP contribution in [0.25, 0.3) is 34.2 Å². The topological polar surface area (TPSA) is 265 Å². The average Bonchev–Trinajstić information content (AvgIpc) is 3.04. The first-order valence-corrected chi connectivity index (χ1v) is 14.8. The summed E-state index contributed by atoms with van der Waals surface area (Å²) in [6.45, 7) is 2.24. The zero-order valence-electron chi connectivity index (χ0n) is 26.5. The molecule has 0 aliphatic rings. The van der Waals surface area contributed by atoms with Crippen LogP contribution in [-0.4, -0.2) is 300 Å². The number of rotatable bonds is 17. The van der Waals surface area contributed by atoms with E-state index in [0.29, 0.717) is 0 Å². The first kappa shape index (κ1) is 53.9. The van der Waals surface area contributed by atoms with Gasteiger partial charge in [0.2, 0.25) is 0 Å². The van der Waals surface area contributed by atoms with Gasteiger partial charge in [-0.25, -0.2) is 24.5 Å². The van der Waals surface area contributed by atoms with E-state index in [-0.39, 0.29) is 300 Å². The van der Waals surface area contributed by atoms with Crippen molar-refractivity contribution < 1.29 is 68.8 Å². The number of aliphatic carboxylic acids is 4. The molecule has 0 fully saturated rings. The monoisotopic (exact) mass is 853 g/mol. The second kappa shape index (κ2) is 26.1. The van der Waals surface area contributed by atoms with Crippen molar-refractivity contribution >= 4 is 229 Å². The van der Waals surface area contributed by atoms with Gasteiger partial charge < -0.3 is 49.6 Å². The molecule has 54 heavy (non-hydrogen) atoms.